The molecule has 140 valence electrons. The molecule has 0 aliphatic carbocycles. The fourth-order valence-electron chi connectivity index (χ4n) is 2.77. The average Bonchev–Trinajstić information content (AvgIpc) is 2.93. The molecule has 1 rings (SSSR count). The lowest BCUT2D eigenvalue weighted by Crippen LogP contribution is -2.23. The number of aromatic nitrogens is 2. The minimum atomic E-state index is -1.08. The second-order valence-electron chi connectivity index (χ2n) is 6.70. The van der Waals surface area contributed by atoms with Crippen molar-refractivity contribution in [2.45, 2.75) is 97.4 Å². The summed E-state index contributed by atoms with van der Waals surface area (Å²) < 4.78 is 4.40. The van der Waals surface area contributed by atoms with Crippen molar-refractivity contribution in [2.75, 3.05) is 0 Å². The Kier molecular flexibility index (Phi) is 15.6. The Balaban J connectivity index is 0.00000118. The smallest absolute Gasteiger partial charge is 0.243 e. The predicted molar refractivity (Wildman–Crippen MR) is 97.4 cm³/mol. The first-order chi connectivity index (χ1) is 11.6. The maximum absolute atomic E-state index is 8.89. The molecule has 1 aromatic rings. The van der Waals surface area contributed by atoms with Crippen LogP contribution < -0.4 is 9.67 Å². The molecule has 1 aromatic heterocycles. The lowest BCUT2D eigenvalue weighted by molar-refractivity contribution is -0.671. The zero-order valence-electron chi connectivity index (χ0n) is 16.1. The van der Waals surface area contributed by atoms with Crippen LogP contribution in [-0.4, -0.2) is 10.5 Å². The van der Waals surface area contributed by atoms with Gasteiger partial charge in [-0.25, -0.2) is 9.13 Å². The largest absolute Gasteiger partial charge is 0.550 e. The SMILES string of the molecule is CC(=O)[O-].CCCCCCCCCCCCCCn1cc[n+](C)c1. The number of carbonyl (C=O) groups excluding carboxylic acids is 1. The maximum atomic E-state index is 8.89. The summed E-state index contributed by atoms with van der Waals surface area (Å²) in [6.07, 6.45) is 23.6. The highest BCUT2D eigenvalue weighted by molar-refractivity contribution is 5.60. The Labute approximate surface area is 148 Å². The Morgan fingerprint density at radius 2 is 1.33 bits per heavy atom. The topological polar surface area (TPSA) is 48.9 Å². The van der Waals surface area contributed by atoms with Crippen LogP contribution >= 0.6 is 0 Å². The van der Waals surface area contributed by atoms with Gasteiger partial charge in [0, 0.05) is 5.97 Å². The van der Waals surface area contributed by atoms with Gasteiger partial charge in [-0.15, -0.1) is 0 Å². The van der Waals surface area contributed by atoms with E-state index in [9.17, 15) is 0 Å². The summed E-state index contributed by atoms with van der Waals surface area (Å²) in [5, 5.41) is 8.89. The van der Waals surface area contributed by atoms with Gasteiger partial charge in [0.15, 0.2) is 0 Å². The molecule has 0 fully saturated rings. The van der Waals surface area contributed by atoms with Crippen molar-refractivity contribution in [3.05, 3.63) is 18.7 Å². The van der Waals surface area contributed by atoms with Gasteiger partial charge in [-0.3, -0.25) is 0 Å². The Hall–Kier alpha value is -1.32. The summed E-state index contributed by atoms with van der Waals surface area (Å²) in [4.78, 5) is 8.89. The fraction of sp³-hybridized carbons (Fsp3) is 0.800. The van der Waals surface area contributed by atoms with Gasteiger partial charge in [0.25, 0.3) is 0 Å². The molecule has 0 amide bonds. The van der Waals surface area contributed by atoms with Crippen LogP contribution in [0.3, 0.4) is 0 Å². The minimum Gasteiger partial charge on any atom is -0.550 e. The average molecular weight is 339 g/mol. The molecule has 0 aliphatic heterocycles. The van der Waals surface area contributed by atoms with Gasteiger partial charge >= 0.3 is 0 Å². The first-order valence-electron chi connectivity index (χ1n) is 9.74. The summed E-state index contributed by atoms with van der Waals surface area (Å²) in [5.41, 5.74) is 0. The van der Waals surface area contributed by atoms with Crippen molar-refractivity contribution in [3.8, 4) is 0 Å². The highest BCUT2D eigenvalue weighted by Crippen LogP contribution is 2.12. The number of hydrogen-bond acceptors (Lipinski definition) is 2. The van der Waals surface area contributed by atoms with E-state index in [0.29, 0.717) is 0 Å². The Morgan fingerprint density at radius 3 is 1.71 bits per heavy atom. The molecule has 0 aliphatic rings. The number of nitrogens with zero attached hydrogens (tertiary/aromatic N) is 2. The van der Waals surface area contributed by atoms with Crippen molar-refractivity contribution < 1.29 is 14.5 Å². The first-order valence-corrected chi connectivity index (χ1v) is 9.74. The second kappa shape index (κ2) is 16.5. The molecule has 0 aromatic carbocycles. The third kappa shape index (κ3) is 17.0. The molecule has 4 nitrogen and oxygen atoms in total. The molecule has 0 atom stereocenters. The minimum absolute atomic E-state index is 0.972. The van der Waals surface area contributed by atoms with E-state index in [1.165, 1.54) is 83.6 Å². The number of carboxylic acid groups (broad SMARTS) is 1. The number of imidazole rings is 1. The van der Waals surface area contributed by atoms with Gasteiger partial charge in [0.2, 0.25) is 6.33 Å². The van der Waals surface area contributed by atoms with Gasteiger partial charge in [-0.1, -0.05) is 71.1 Å². The summed E-state index contributed by atoms with van der Waals surface area (Å²) >= 11 is 0. The zero-order chi connectivity index (χ0) is 18.0. The van der Waals surface area contributed by atoms with Crippen LogP contribution in [0.15, 0.2) is 18.7 Å². The second-order valence-corrected chi connectivity index (χ2v) is 6.70. The standard InChI is InChI=1S/C18H35N2.C2H4O2/c1-3-4-5-6-7-8-9-10-11-12-13-14-15-20-17-16-19(2)18-20;1-2(3)4/h16-18H,3-15H2,1-2H3;1H3,(H,3,4)/q+1;/p-1. The summed E-state index contributed by atoms with van der Waals surface area (Å²) in [7, 11) is 2.08. The predicted octanol–water partition coefficient (Wildman–Crippen LogP) is 3.77. The summed E-state index contributed by atoms with van der Waals surface area (Å²) in [5.74, 6) is -1.08. The lowest BCUT2D eigenvalue weighted by Gasteiger charge is -2.02. The highest BCUT2D eigenvalue weighted by atomic mass is 16.4. The lowest BCUT2D eigenvalue weighted by atomic mass is 10.1. The van der Waals surface area contributed by atoms with Crippen LogP contribution in [-0.2, 0) is 18.4 Å². The van der Waals surface area contributed by atoms with E-state index in [1.807, 2.05) is 0 Å². The molecule has 0 saturated heterocycles. The Morgan fingerprint density at radius 1 is 0.917 bits per heavy atom. The third-order valence-electron chi connectivity index (χ3n) is 4.09. The van der Waals surface area contributed by atoms with E-state index in [0.717, 1.165) is 6.92 Å². The molecule has 4 heteroatoms. The van der Waals surface area contributed by atoms with Crippen molar-refractivity contribution in [3.63, 3.8) is 0 Å². The van der Waals surface area contributed by atoms with Gasteiger partial charge < -0.3 is 9.90 Å². The molecule has 0 radical (unpaired) electrons. The van der Waals surface area contributed by atoms with Gasteiger partial charge in [-0.2, -0.15) is 0 Å². The van der Waals surface area contributed by atoms with Crippen LogP contribution in [0.2, 0.25) is 0 Å². The monoisotopic (exact) mass is 338 g/mol. The summed E-state index contributed by atoms with van der Waals surface area (Å²) in [6, 6.07) is 0. The zero-order valence-corrected chi connectivity index (χ0v) is 16.1. The number of carboxylic acids is 1. The van der Waals surface area contributed by atoms with Crippen LogP contribution in [0.25, 0.3) is 0 Å². The molecule has 0 unspecified atom stereocenters. The van der Waals surface area contributed by atoms with E-state index in [4.69, 9.17) is 9.90 Å². The van der Waals surface area contributed by atoms with Gasteiger partial charge in [0.1, 0.15) is 12.4 Å². The number of carbonyl (C=O) groups is 1. The van der Waals surface area contributed by atoms with Gasteiger partial charge in [-0.05, 0) is 19.8 Å². The summed E-state index contributed by atoms with van der Waals surface area (Å²) in [6.45, 7) is 4.44. The van der Waals surface area contributed by atoms with Crippen molar-refractivity contribution in [1.29, 1.82) is 0 Å². The van der Waals surface area contributed by atoms with Crippen LogP contribution in [0.4, 0.5) is 0 Å². The molecule has 0 spiro atoms. The van der Waals surface area contributed by atoms with E-state index in [-0.39, 0.29) is 0 Å². The highest BCUT2D eigenvalue weighted by Gasteiger charge is 1.99. The first kappa shape index (κ1) is 22.7. The van der Waals surface area contributed by atoms with Crippen LogP contribution in [0.1, 0.15) is 90.9 Å². The number of rotatable bonds is 13. The third-order valence-corrected chi connectivity index (χ3v) is 4.09. The quantitative estimate of drug-likeness (QED) is 0.406. The molecule has 0 bridgehead atoms. The molecular formula is C20H38N2O2. The number of unbranched alkanes of at least 4 members (excludes halogenated alkanes) is 11. The molecule has 0 saturated carbocycles. The molecular weight excluding hydrogens is 300 g/mol. The molecule has 0 N–H and O–H groups in total. The molecule has 1 heterocycles. The normalized spacial score (nSPS) is 10.3. The van der Waals surface area contributed by atoms with Gasteiger partial charge in [0.05, 0.1) is 13.6 Å². The van der Waals surface area contributed by atoms with E-state index in [1.54, 1.807) is 0 Å². The van der Waals surface area contributed by atoms with Crippen LogP contribution in [0, 0.1) is 0 Å². The van der Waals surface area contributed by atoms with Crippen molar-refractivity contribution in [1.82, 2.24) is 4.57 Å². The van der Waals surface area contributed by atoms with Crippen LogP contribution in [0.5, 0.6) is 0 Å². The van der Waals surface area contributed by atoms with E-state index >= 15 is 0 Å². The fourth-order valence-corrected chi connectivity index (χ4v) is 2.77. The van der Waals surface area contributed by atoms with Crippen molar-refractivity contribution in [2.24, 2.45) is 7.05 Å². The Bertz CT molecular complexity index is 398. The van der Waals surface area contributed by atoms with Crippen molar-refractivity contribution >= 4 is 5.97 Å². The maximum Gasteiger partial charge on any atom is 0.243 e. The number of aliphatic carboxylic acids is 1. The molecule has 24 heavy (non-hydrogen) atoms. The number of hydrogen-bond donors (Lipinski definition) is 0. The number of aryl methyl sites for hydroxylation is 2. The van der Waals surface area contributed by atoms with E-state index in [2.05, 4.69) is 41.8 Å². The van der Waals surface area contributed by atoms with E-state index < -0.39 is 5.97 Å².